The molecule has 2 saturated carbocycles. The molecule has 0 bridgehead atoms. The fourth-order valence-electron chi connectivity index (χ4n) is 4.79. The van der Waals surface area contributed by atoms with Crippen molar-refractivity contribution in [2.45, 2.75) is 69.2 Å². The minimum absolute atomic E-state index is 0. The third kappa shape index (κ3) is 4.27. The molecule has 130 valence electrons. The second-order valence-corrected chi connectivity index (χ2v) is 8.59. The van der Waals surface area contributed by atoms with Gasteiger partial charge in [-0.1, -0.05) is 69.2 Å². The van der Waals surface area contributed by atoms with Crippen molar-refractivity contribution in [3.8, 4) is 0 Å². The van der Waals surface area contributed by atoms with Crippen LogP contribution in [0.3, 0.4) is 0 Å². The molecule has 1 heteroatoms. The molecule has 0 aromatic heterocycles. The fourth-order valence-corrected chi connectivity index (χ4v) is 4.79. The van der Waals surface area contributed by atoms with E-state index >= 15 is 0 Å². The summed E-state index contributed by atoms with van der Waals surface area (Å²) in [5.74, 6) is 9.35. The van der Waals surface area contributed by atoms with Gasteiger partial charge in [-0.15, -0.1) is 0 Å². The average molecular weight is 339 g/mol. The molecular weight excluding hydrogens is 299 g/mol. The molecule has 0 radical (unpaired) electrons. The maximum Gasteiger partial charge on any atom is 0 e. The first kappa shape index (κ1) is 21.5. The SMILES string of the molecule is CC1C(C)C(C)C(C)C1C.CC1C(C)C(C)C(C)C1C.[Ni]. The van der Waals surface area contributed by atoms with Crippen LogP contribution in [0.5, 0.6) is 0 Å². The van der Waals surface area contributed by atoms with Crippen molar-refractivity contribution >= 4 is 0 Å². The third-order valence-electron chi connectivity index (χ3n) is 8.29. The first-order valence-electron chi connectivity index (χ1n) is 9.11. The summed E-state index contributed by atoms with van der Waals surface area (Å²) in [5, 5.41) is 0. The Labute approximate surface area is 145 Å². The van der Waals surface area contributed by atoms with Crippen molar-refractivity contribution in [1.29, 1.82) is 0 Å². The Hall–Kier alpha value is 0.494. The van der Waals surface area contributed by atoms with Crippen LogP contribution in [0.4, 0.5) is 0 Å². The van der Waals surface area contributed by atoms with Gasteiger partial charge in [-0.2, -0.15) is 0 Å². The topological polar surface area (TPSA) is 0 Å². The molecule has 2 rings (SSSR count). The van der Waals surface area contributed by atoms with Crippen molar-refractivity contribution < 1.29 is 16.5 Å². The van der Waals surface area contributed by atoms with E-state index in [0.717, 1.165) is 59.2 Å². The van der Waals surface area contributed by atoms with Gasteiger partial charge in [0.05, 0.1) is 0 Å². The number of hydrogen-bond acceptors (Lipinski definition) is 0. The molecule has 0 unspecified atom stereocenters. The van der Waals surface area contributed by atoms with Crippen molar-refractivity contribution in [3.05, 3.63) is 0 Å². The summed E-state index contributed by atoms with van der Waals surface area (Å²) in [6.45, 7) is 24.0. The van der Waals surface area contributed by atoms with Crippen LogP contribution in [0.25, 0.3) is 0 Å². The van der Waals surface area contributed by atoms with Crippen molar-refractivity contribution in [2.24, 2.45) is 59.2 Å². The predicted molar refractivity (Wildman–Crippen MR) is 91.6 cm³/mol. The summed E-state index contributed by atoms with van der Waals surface area (Å²) >= 11 is 0. The Morgan fingerprint density at radius 1 is 0.238 bits per heavy atom. The largest absolute Gasteiger partial charge is 0.0620 e. The van der Waals surface area contributed by atoms with Crippen LogP contribution in [0, 0.1) is 59.2 Å². The van der Waals surface area contributed by atoms with Crippen LogP contribution in [0.15, 0.2) is 0 Å². The number of rotatable bonds is 0. The molecule has 0 nitrogen and oxygen atoms in total. The van der Waals surface area contributed by atoms with E-state index in [-0.39, 0.29) is 16.5 Å². The molecule has 2 aliphatic carbocycles. The molecule has 0 spiro atoms. The van der Waals surface area contributed by atoms with E-state index in [1.807, 2.05) is 0 Å². The maximum absolute atomic E-state index is 2.40. The van der Waals surface area contributed by atoms with E-state index in [1.165, 1.54) is 0 Å². The third-order valence-corrected chi connectivity index (χ3v) is 8.29. The average Bonchev–Trinajstić information content (AvgIpc) is 2.71. The van der Waals surface area contributed by atoms with Gasteiger partial charge in [0.1, 0.15) is 0 Å². The van der Waals surface area contributed by atoms with Gasteiger partial charge >= 0.3 is 0 Å². The van der Waals surface area contributed by atoms with Crippen molar-refractivity contribution in [2.75, 3.05) is 0 Å². The van der Waals surface area contributed by atoms with Gasteiger partial charge in [-0.25, -0.2) is 0 Å². The Balaban J connectivity index is 0.000000364. The van der Waals surface area contributed by atoms with Crippen LogP contribution in [0.2, 0.25) is 0 Å². The zero-order valence-electron chi connectivity index (χ0n) is 16.1. The second-order valence-electron chi connectivity index (χ2n) is 8.59. The minimum Gasteiger partial charge on any atom is -0.0620 e. The molecule has 2 aliphatic rings. The molecule has 0 amide bonds. The first-order chi connectivity index (χ1) is 9.11. The Morgan fingerprint density at radius 2 is 0.286 bits per heavy atom. The molecular formula is C20H40Ni. The van der Waals surface area contributed by atoms with Crippen LogP contribution in [-0.4, -0.2) is 0 Å². The summed E-state index contributed by atoms with van der Waals surface area (Å²) in [6.07, 6.45) is 0. The van der Waals surface area contributed by atoms with E-state index in [2.05, 4.69) is 69.2 Å². The van der Waals surface area contributed by atoms with Crippen LogP contribution in [0.1, 0.15) is 69.2 Å². The van der Waals surface area contributed by atoms with Gasteiger partial charge in [0.2, 0.25) is 0 Å². The molecule has 0 aliphatic heterocycles. The van der Waals surface area contributed by atoms with Gasteiger partial charge < -0.3 is 0 Å². The Morgan fingerprint density at radius 3 is 0.333 bits per heavy atom. The normalized spacial score (nSPS) is 52.9. The molecule has 0 aromatic carbocycles. The zero-order chi connectivity index (χ0) is 15.8. The molecule has 2 fully saturated rings. The molecule has 0 heterocycles. The molecule has 0 N–H and O–H groups in total. The maximum atomic E-state index is 2.40. The van der Waals surface area contributed by atoms with E-state index < -0.39 is 0 Å². The van der Waals surface area contributed by atoms with Crippen LogP contribution >= 0.6 is 0 Å². The first-order valence-corrected chi connectivity index (χ1v) is 9.11. The Kier molecular flexibility index (Phi) is 8.57. The van der Waals surface area contributed by atoms with Gasteiger partial charge in [-0.3, -0.25) is 0 Å². The summed E-state index contributed by atoms with van der Waals surface area (Å²) in [5.41, 5.74) is 0. The summed E-state index contributed by atoms with van der Waals surface area (Å²) in [7, 11) is 0. The van der Waals surface area contributed by atoms with Gasteiger partial charge in [0.15, 0.2) is 0 Å². The van der Waals surface area contributed by atoms with E-state index in [9.17, 15) is 0 Å². The molecule has 21 heavy (non-hydrogen) atoms. The summed E-state index contributed by atoms with van der Waals surface area (Å²) in [6, 6.07) is 0. The van der Waals surface area contributed by atoms with Crippen molar-refractivity contribution in [1.82, 2.24) is 0 Å². The van der Waals surface area contributed by atoms with E-state index in [4.69, 9.17) is 0 Å². The Bertz CT molecular complexity index is 181. The van der Waals surface area contributed by atoms with Gasteiger partial charge in [0.25, 0.3) is 0 Å². The van der Waals surface area contributed by atoms with E-state index in [0.29, 0.717) is 0 Å². The monoisotopic (exact) mass is 338 g/mol. The molecule has 0 saturated heterocycles. The molecule has 0 atom stereocenters. The molecule has 0 aromatic rings. The van der Waals surface area contributed by atoms with E-state index in [1.54, 1.807) is 0 Å². The minimum atomic E-state index is 0. The van der Waals surface area contributed by atoms with Gasteiger partial charge in [0, 0.05) is 16.5 Å². The summed E-state index contributed by atoms with van der Waals surface area (Å²) < 4.78 is 0. The summed E-state index contributed by atoms with van der Waals surface area (Å²) in [4.78, 5) is 0. The number of hydrogen-bond donors (Lipinski definition) is 0. The standard InChI is InChI=1S/2C10H20.Ni/c2*1-6-7(2)9(4)10(5)8(6)3;/h2*6-10H,1-5H3;. The zero-order valence-corrected chi connectivity index (χ0v) is 17.1. The quantitative estimate of drug-likeness (QED) is 0.451. The smallest absolute Gasteiger partial charge is 0 e. The van der Waals surface area contributed by atoms with Crippen molar-refractivity contribution in [3.63, 3.8) is 0 Å². The van der Waals surface area contributed by atoms with Crippen LogP contribution < -0.4 is 0 Å². The second kappa shape index (κ2) is 8.37. The fraction of sp³-hybridized carbons (Fsp3) is 1.00. The predicted octanol–water partition coefficient (Wildman–Crippen LogP) is 6.36. The van der Waals surface area contributed by atoms with Gasteiger partial charge in [-0.05, 0) is 59.2 Å². The van der Waals surface area contributed by atoms with Crippen LogP contribution in [-0.2, 0) is 16.5 Å².